The van der Waals surface area contributed by atoms with Crippen LogP contribution < -0.4 is 14.1 Å². The van der Waals surface area contributed by atoms with Crippen LogP contribution in [0.1, 0.15) is 49.9 Å². The molecule has 391 valence electrons. The molecule has 81 heavy (non-hydrogen) atoms. The Morgan fingerprint density at radius 1 is 0.432 bits per heavy atom. The number of furan rings is 2. The standard InChI is InChI=1S/C34H25BN3O4.C34H25N3O2/c1-34(2)23-15-9-7-13-20(23)29-26(34)21-14-8-10-16-24(21)38(29)33-36-27(19-11-5-4-6-12-19)32-28(37-33)22-17-18-25(42-35-39)31(40-3)30(22)41-32;1-34(2)24-17-9-7-14-21(24)30-27(34)22-15-8-10-18-25(22)37(30)33-35-28(20-12-5-4-6-13-20)32-29(36-33)23-16-11-19-26(38-3)31(23)39-32/h4-18,39H,1-3H3;4-19H,1-3H3. The highest BCUT2D eigenvalue weighted by Crippen LogP contribution is 2.55. The molecule has 13 heteroatoms. The maximum absolute atomic E-state index is 9.30. The van der Waals surface area contributed by atoms with E-state index in [1.165, 1.54) is 51.3 Å². The second kappa shape index (κ2) is 18.0. The highest BCUT2D eigenvalue weighted by atomic mass is 16.5. The van der Waals surface area contributed by atoms with Crippen molar-refractivity contribution in [3.05, 3.63) is 210 Å². The normalized spacial score (nSPS) is 13.6. The number of benzene rings is 8. The van der Waals surface area contributed by atoms with Crippen LogP contribution in [-0.4, -0.2) is 56.0 Å². The maximum atomic E-state index is 9.30. The second-order valence-electron chi connectivity index (χ2n) is 21.6. The molecule has 0 saturated heterocycles. The number of methoxy groups -OCH3 is 2. The molecule has 0 amide bonds. The summed E-state index contributed by atoms with van der Waals surface area (Å²) in [6, 6.07) is 64.0. The minimum absolute atomic E-state index is 0.154. The predicted molar refractivity (Wildman–Crippen MR) is 320 cm³/mol. The highest BCUT2D eigenvalue weighted by Gasteiger charge is 2.43. The van der Waals surface area contributed by atoms with E-state index in [1.54, 1.807) is 13.2 Å². The van der Waals surface area contributed by atoms with Gasteiger partial charge in [-0.1, -0.05) is 179 Å². The van der Waals surface area contributed by atoms with Crippen LogP contribution in [0.15, 0.2) is 197 Å². The molecule has 6 heterocycles. The molecular weight excluding hydrogens is 1010 g/mol. The fraction of sp³-hybridized carbons (Fsp3) is 0.118. The lowest BCUT2D eigenvalue weighted by Gasteiger charge is -2.21. The molecule has 14 aromatic rings. The van der Waals surface area contributed by atoms with Gasteiger partial charge in [-0.05, 0) is 58.7 Å². The summed E-state index contributed by atoms with van der Waals surface area (Å²) in [5.74, 6) is 2.54. The highest BCUT2D eigenvalue weighted by molar-refractivity contribution is 6.18. The third-order valence-corrected chi connectivity index (χ3v) is 16.5. The van der Waals surface area contributed by atoms with Gasteiger partial charge >= 0.3 is 7.69 Å². The van der Waals surface area contributed by atoms with Crippen molar-refractivity contribution < 1.29 is 28.0 Å². The van der Waals surface area contributed by atoms with E-state index < -0.39 is 0 Å². The zero-order valence-corrected chi connectivity index (χ0v) is 45.1. The van der Waals surface area contributed by atoms with E-state index in [0.29, 0.717) is 70.4 Å². The zero-order chi connectivity index (χ0) is 54.9. The van der Waals surface area contributed by atoms with Crippen LogP contribution >= 0.6 is 0 Å². The number of aromatic nitrogens is 6. The zero-order valence-electron chi connectivity index (χ0n) is 45.1. The van der Waals surface area contributed by atoms with Crippen LogP contribution in [0.2, 0.25) is 0 Å². The topological polar surface area (TPSA) is 136 Å². The SMILES string of the molecule is COc1c(O[B]O)ccc2c1oc1c(-c3ccccc3)nc(-n3c4c(c5ccccc53)C(C)(C)c3ccccc3-4)nc12.COc1cccc2c1oc1c(-c3ccccc3)nc(-n3c4c(c5ccccc53)C(C)(C)c3ccccc3-4)nc12. The van der Waals surface area contributed by atoms with E-state index in [0.717, 1.165) is 55.5 Å². The summed E-state index contributed by atoms with van der Waals surface area (Å²) in [6.45, 7) is 9.19. The van der Waals surface area contributed by atoms with Crippen LogP contribution in [0.3, 0.4) is 0 Å². The summed E-state index contributed by atoms with van der Waals surface area (Å²) in [7, 11) is 3.82. The molecule has 8 aromatic carbocycles. The monoisotopic (exact) mass is 1060 g/mol. The minimum Gasteiger partial charge on any atom is -0.535 e. The van der Waals surface area contributed by atoms with Crippen LogP contribution in [0.4, 0.5) is 0 Å². The van der Waals surface area contributed by atoms with Crippen molar-refractivity contribution in [3.8, 4) is 74.2 Å². The fourth-order valence-corrected chi connectivity index (χ4v) is 13.0. The molecule has 0 spiro atoms. The van der Waals surface area contributed by atoms with Crippen LogP contribution in [0, 0.1) is 0 Å². The molecule has 16 rings (SSSR count). The molecule has 6 aromatic heterocycles. The first-order valence-electron chi connectivity index (χ1n) is 26.9. The molecule has 12 nitrogen and oxygen atoms in total. The van der Waals surface area contributed by atoms with Gasteiger partial charge in [-0.3, -0.25) is 9.13 Å². The van der Waals surface area contributed by atoms with Crippen molar-refractivity contribution >= 4 is 73.6 Å². The fourth-order valence-electron chi connectivity index (χ4n) is 13.0. The predicted octanol–water partition coefficient (Wildman–Crippen LogP) is 15.5. The molecule has 1 N–H and O–H groups in total. The molecule has 2 aliphatic carbocycles. The third-order valence-electron chi connectivity index (χ3n) is 16.5. The first-order valence-corrected chi connectivity index (χ1v) is 26.9. The molecule has 2 aliphatic rings. The summed E-state index contributed by atoms with van der Waals surface area (Å²) in [6.07, 6.45) is 0. The number of hydrogen-bond acceptors (Lipinski definition) is 10. The molecule has 0 bridgehead atoms. The number of fused-ring (bicyclic) bond motifs is 16. The van der Waals surface area contributed by atoms with Gasteiger partial charge in [-0.15, -0.1) is 0 Å². The van der Waals surface area contributed by atoms with Gasteiger partial charge in [0.1, 0.15) is 28.2 Å². The van der Waals surface area contributed by atoms with Crippen LogP contribution in [0.25, 0.3) is 123 Å². The molecular formula is C68H50BN6O6. The Kier molecular flexibility index (Phi) is 10.7. The first kappa shape index (κ1) is 48.2. The lowest BCUT2D eigenvalue weighted by Crippen LogP contribution is -2.14. The Bertz CT molecular complexity index is 4880. The quantitative estimate of drug-likeness (QED) is 0.147. The molecule has 0 fully saturated rings. The molecule has 0 unspecified atom stereocenters. The van der Waals surface area contributed by atoms with E-state index in [2.05, 4.69) is 146 Å². The maximum Gasteiger partial charge on any atom is 0.569 e. The van der Waals surface area contributed by atoms with E-state index in [4.69, 9.17) is 42.9 Å². The van der Waals surface area contributed by atoms with E-state index >= 15 is 0 Å². The Morgan fingerprint density at radius 3 is 1.40 bits per heavy atom. The smallest absolute Gasteiger partial charge is 0.535 e. The average molecular weight is 1060 g/mol. The summed E-state index contributed by atoms with van der Waals surface area (Å²) in [5.41, 5.74) is 18.7. The number of nitrogens with zero attached hydrogens (tertiary/aromatic N) is 6. The third kappa shape index (κ3) is 6.94. The van der Waals surface area contributed by atoms with Gasteiger partial charge in [0, 0.05) is 43.9 Å². The van der Waals surface area contributed by atoms with Crippen molar-refractivity contribution in [3.63, 3.8) is 0 Å². The van der Waals surface area contributed by atoms with Crippen LogP contribution in [0.5, 0.6) is 17.2 Å². The Balaban J connectivity index is 0.000000140. The lowest BCUT2D eigenvalue weighted by molar-refractivity contribution is 0.380. The largest absolute Gasteiger partial charge is 0.569 e. The van der Waals surface area contributed by atoms with E-state index in [1.807, 2.05) is 72.8 Å². The van der Waals surface area contributed by atoms with Gasteiger partial charge in [0.15, 0.2) is 28.1 Å². The van der Waals surface area contributed by atoms with Crippen LogP contribution in [-0.2, 0) is 10.8 Å². The summed E-state index contributed by atoms with van der Waals surface area (Å²) < 4.78 is 33.9. The van der Waals surface area contributed by atoms with Gasteiger partial charge in [0.05, 0.1) is 47.4 Å². The molecule has 0 saturated carbocycles. The van der Waals surface area contributed by atoms with E-state index in [-0.39, 0.29) is 10.8 Å². The van der Waals surface area contributed by atoms with Crippen molar-refractivity contribution in [2.45, 2.75) is 38.5 Å². The molecule has 1 radical (unpaired) electrons. The van der Waals surface area contributed by atoms with Gasteiger partial charge in [0.25, 0.3) is 0 Å². The van der Waals surface area contributed by atoms with Crippen molar-refractivity contribution in [1.29, 1.82) is 0 Å². The Labute approximate surface area is 465 Å². The summed E-state index contributed by atoms with van der Waals surface area (Å²) >= 11 is 0. The summed E-state index contributed by atoms with van der Waals surface area (Å²) in [5, 5.41) is 13.4. The van der Waals surface area contributed by atoms with Gasteiger partial charge in [-0.25, -0.2) is 19.9 Å². The van der Waals surface area contributed by atoms with Crippen molar-refractivity contribution in [2.75, 3.05) is 14.2 Å². The Hall–Kier alpha value is -9.98. The van der Waals surface area contributed by atoms with Gasteiger partial charge < -0.3 is 28.0 Å². The van der Waals surface area contributed by atoms with Gasteiger partial charge in [-0.2, -0.15) is 0 Å². The van der Waals surface area contributed by atoms with Crippen molar-refractivity contribution in [1.82, 2.24) is 29.1 Å². The minimum atomic E-state index is -0.195. The molecule has 0 atom stereocenters. The number of hydrogen-bond donors (Lipinski definition) is 1. The number of ether oxygens (including phenoxy) is 2. The average Bonchev–Trinajstić information content (AvgIpc) is 3.71. The Morgan fingerprint density at radius 2 is 0.889 bits per heavy atom. The van der Waals surface area contributed by atoms with Crippen molar-refractivity contribution in [2.24, 2.45) is 0 Å². The number of para-hydroxylation sites is 3. The number of rotatable bonds is 8. The lowest BCUT2D eigenvalue weighted by atomic mass is 9.81. The second-order valence-corrected chi connectivity index (χ2v) is 21.6. The van der Waals surface area contributed by atoms with E-state index in [9.17, 15) is 5.02 Å². The first-order chi connectivity index (χ1) is 39.6. The summed E-state index contributed by atoms with van der Waals surface area (Å²) in [4.78, 5) is 20.9. The molecule has 0 aliphatic heterocycles. The van der Waals surface area contributed by atoms with Gasteiger partial charge in [0.2, 0.25) is 17.6 Å².